The Bertz CT molecular complexity index is 1400. The predicted octanol–water partition coefficient (Wildman–Crippen LogP) is 5.83. The van der Waals surface area contributed by atoms with Gasteiger partial charge in [0.25, 0.3) is 0 Å². The van der Waals surface area contributed by atoms with E-state index in [1.54, 1.807) is 36.2 Å². The zero-order valence-electron chi connectivity index (χ0n) is 20.2. The van der Waals surface area contributed by atoms with Crippen molar-refractivity contribution in [2.24, 2.45) is 0 Å². The van der Waals surface area contributed by atoms with Gasteiger partial charge in [-0.2, -0.15) is 0 Å². The summed E-state index contributed by atoms with van der Waals surface area (Å²) in [6.07, 6.45) is -0.404. The number of rotatable bonds is 7. The van der Waals surface area contributed by atoms with Gasteiger partial charge in [-0.05, 0) is 79.2 Å². The number of carbonyl (C=O) groups is 1. The minimum Gasteiger partial charge on any atom is -0.491 e. The second-order valence-corrected chi connectivity index (χ2v) is 9.84. The molecule has 0 saturated carbocycles. The summed E-state index contributed by atoms with van der Waals surface area (Å²) in [7, 11) is 1.78. The number of nitrogens with zero attached hydrogens (tertiary/aromatic N) is 1. The van der Waals surface area contributed by atoms with Crippen molar-refractivity contribution in [1.82, 2.24) is 15.2 Å². The fourth-order valence-electron chi connectivity index (χ4n) is 4.70. The molecule has 3 N–H and O–H groups in total. The van der Waals surface area contributed by atoms with Crippen LogP contribution in [0.25, 0.3) is 10.9 Å². The number of aliphatic hydroxyl groups is 1. The number of likely N-dealkylation sites (N-methyl/N-ethyl adjacent to an activating group) is 1. The van der Waals surface area contributed by atoms with Crippen LogP contribution in [0.1, 0.15) is 24.3 Å². The van der Waals surface area contributed by atoms with E-state index in [-0.39, 0.29) is 8.03 Å². The highest BCUT2D eigenvalue weighted by molar-refractivity contribution is 6.31. The summed E-state index contributed by atoms with van der Waals surface area (Å²) in [4.78, 5) is 18.6. The number of aromatic amines is 1. The van der Waals surface area contributed by atoms with Crippen LogP contribution in [0.4, 0.5) is 4.79 Å². The first-order chi connectivity index (χ1) is 17.9. The van der Waals surface area contributed by atoms with Crippen molar-refractivity contribution < 1.29 is 20.8 Å². The lowest BCUT2D eigenvalue weighted by molar-refractivity contribution is 0.108. The number of hydrogen-bond acceptors (Lipinski definition) is 5. The molecule has 2 heterocycles. The van der Waals surface area contributed by atoms with Gasteiger partial charge >= 0.3 is 6.09 Å². The number of H-pyrrole nitrogens is 1. The number of carbonyl (C=O) groups excluding carboxylic acids is 1. The van der Waals surface area contributed by atoms with Gasteiger partial charge in [0, 0.05) is 41.2 Å². The maximum atomic E-state index is 13.4. The molecule has 37 heavy (non-hydrogen) atoms. The standard InChI is InChI=1S/C28H27Cl2N3O4.H2/c1-31-15-20(34)16-36-21-7-2-17(3-8-21)27-26-23(24-14-19(30)6-11-25(24)32-26)12-13-33(27)28(35)37-22-9-4-18(29)5-10-22;/h2-11,14,20,27,31-32,34H,12-13,15-16H2,1H3;1H. The molecule has 0 aliphatic carbocycles. The van der Waals surface area contributed by atoms with E-state index in [1.165, 1.54) is 0 Å². The smallest absolute Gasteiger partial charge is 0.416 e. The molecule has 0 radical (unpaired) electrons. The molecular weight excluding hydrogens is 513 g/mol. The summed E-state index contributed by atoms with van der Waals surface area (Å²) >= 11 is 12.3. The van der Waals surface area contributed by atoms with Crippen LogP contribution in [0.15, 0.2) is 66.7 Å². The van der Waals surface area contributed by atoms with E-state index >= 15 is 0 Å². The molecule has 0 saturated heterocycles. The first kappa shape index (κ1) is 25.4. The van der Waals surface area contributed by atoms with E-state index < -0.39 is 18.2 Å². The Morgan fingerprint density at radius 2 is 1.81 bits per heavy atom. The molecule has 194 valence electrons. The van der Waals surface area contributed by atoms with Crippen molar-refractivity contribution >= 4 is 40.2 Å². The Hall–Kier alpha value is -3.23. The minimum atomic E-state index is -0.609. The highest BCUT2D eigenvalue weighted by Crippen LogP contribution is 2.40. The second-order valence-electron chi connectivity index (χ2n) is 8.97. The Morgan fingerprint density at radius 1 is 1.11 bits per heavy atom. The minimum absolute atomic E-state index is 0. The van der Waals surface area contributed by atoms with E-state index in [9.17, 15) is 9.90 Å². The number of ether oxygens (including phenoxy) is 2. The van der Waals surface area contributed by atoms with Crippen LogP contribution >= 0.6 is 23.2 Å². The Balaban J connectivity index is 0.00000336. The molecule has 2 atom stereocenters. The number of amides is 1. The molecule has 0 bridgehead atoms. The fraction of sp³-hybridized carbons (Fsp3) is 0.250. The van der Waals surface area contributed by atoms with Crippen LogP contribution < -0.4 is 14.8 Å². The number of aliphatic hydroxyl groups excluding tert-OH is 1. The van der Waals surface area contributed by atoms with E-state index in [4.69, 9.17) is 32.7 Å². The second kappa shape index (κ2) is 11.0. The normalized spacial score (nSPS) is 15.9. The van der Waals surface area contributed by atoms with Crippen molar-refractivity contribution in [3.8, 4) is 11.5 Å². The van der Waals surface area contributed by atoms with Gasteiger partial charge in [-0.3, -0.25) is 4.90 Å². The lowest BCUT2D eigenvalue weighted by Crippen LogP contribution is -2.42. The van der Waals surface area contributed by atoms with Gasteiger partial charge in [0.15, 0.2) is 0 Å². The molecule has 1 aliphatic heterocycles. The van der Waals surface area contributed by atoms with Crippen LogP contribution in [-0.2, 0) is 6.42 Å². The average Bonchev–Trinajstić information content (AvgIpc) is 3.26. The van der Waals surface area contributed by atoms with Gasteiger partial charge in [-0.1, -0.05) is 35.3 Å². The number of nitrogens with one attached hydrogen (secondary N) is 2. The topological polar surface area (TPSA) is 86.8 Å². The molecular formula is C28H29Cl2N3O4. The lowest BCUT2D eigenvalue weighted by atomic mass is 9.92. The molecule has 2 unspecified atom stereocenters. The van der Waals surface area contributed by atoms with Crippen molar-refractivity contribution in [1.29, 1.82) is 0 Å². The van der Waals surface area contributed by atoms with Crippen LogP contribution in [0, 0.1) is 0 Å². The quantitative estimate of drug-likeness (QED) is 0.274. The highest BCUT2D eigenvalue weighted by Gasteiger charge is 2.35. The SMILES string of the molecule is CNCC(O)COc1ccc(C2c3[nH]c4ccc(Cl)cc4c3CCN2C(=O)Oc2ccc(Cl)cc2)cc1.[HH]. The molecule has 1 aliphatic rings. The number of halogens is 2. The fourth-order valence-corrected chi connectivity index (χ4v) is 5.00. The van der Waals surface area contributed by atoms with Crippen molar-refractivity contribution in [3.05, 3.63) is 93.6 Å². The summed E-state index contributed by atoms with van der Waals surface area (Å²) in [6.45, 7) is 1.09. The van der Waals surface area contributed by atoms with Gasteiger partial charge in [0.2, 0.25) is 0 Å². The summed E-state index contributed by atoms with van der Waals surface area (Å²) < 4.78 is 11.4. The molecule has 0 fully saturated rings. The number of hydrogen-bond donors (Lipinski definition) is 3. The molecule has 4 aromatic rings. The zero-order valence-corrected chi connectivity index (χ0v) is 21.7. The largest absolute Gasteiger partial charge is 0.491 e. The lowest BCUT2D eigenvalue weighted by Gasteiger charge is -2.35. The summed E-state index contributed by atoms with van der Waals surface area (Å²) in [5.74, 6) is 1.06. The first-order valence-corrected chi connectivity index (χ1v) is 12.8. The average molecular weight is 542 g/mol. The number of fused-ring (bicyclic) bond motifs is 3. The van der Waals surface area contributed by atoms with E-state index in [1.807, 2.05) is 42.5 Å². The zero-order chi connectivity index (χ0) is 25.9. The van der Waals surface area contributed by atoms with E-state index in [0.717, 1.165) is 27.7 Å². The van der Waals surface area contributed by atoms with Gasteiger partial charge < -0.3 is 24.9 Å². The monoisotopic (exact) mass is 541 g/mol. The van der Waals surface area contributed by atoms with E-state index in [0.29, 0.717) is 41.1 Å². The predicted molar refractivity (Wildman–Crippen MR) is 147 cm³/mol. The van der Waals surface area contributed by atoms with Crippen molar-refractivity contribution in [2.75, 3.05) is 26.7 Å². The highest BCUT2D eigenvalue weighted by atomic mass is 35.5. The molecule has 3 aromatic carbocycles. The summed E-state index contributed by atoms with van der Waals surface area (Å²) in [5.41, 5.74) is 3.92. The Labute approximate surface area is 226 Å². The van der Waals surface area contributed by atoms with Gasteiger partial charge in [0.1, 0.15) is 30.3 Å². The first-order valence-electron chi connectivity index (χ1n) is 12.0. The maximum absolute atomic E-state index is 13.4. The molecule has 5 rings (SSSR count). The third kappa shape index (κ3) is 5.55. The third-order valence-electron chi connectivity index (χ3n) is 6.42. The number of aromatic nitrogens is 1. The van der Waals surface area contributed by atoms with Crippen molar-refractivity contribution in [2.45, 2.75) is 18.6 Å². The molecule has 0 spiro atoms. The van der Waals surface area contributed by atoms with Crippen molar-refractivity contribution in [3.63, 3.8) is 0 Å². The summed E-state index contributed by atoms with van der Waals surface area (Å²) in [6, 6.07) is 19.6. The third-order valence-corrected chi connectivity index (χ3v) is 6.91. The Kier molecular flexibility index (Phi) is 7.58. The number of benzene rings is 3. The Morgan fingerprint density at radius 3 is 2.54 bits per heavy atom. The maximum Gasteiger partial charge on any atom is 0.416 e. The van der Waals surface area contributed by atoms with Gasteiger partial charge in [0.05, 0.1) is 0 Å². The van der Waals surface area contributed by atoms with Crippen LogP contribution in [-0.4, -0.2) is 53.9 Å². The van der Waals surface area contributed by atoms with Gasteiger partial charge in [-0.25, -0.2) is 4.79 Å². The van der Waals surface area contributed by atoms with Crippen LogP contribution in [0.3, 0.4) is 0 Å². The molecule has 9 heteroatoms. The summed E-state index contributed by atoms with van der Waals surface area (Å²) in [5, 5.41) is 15.1. The molecule has 1 amide bonds. The van der Waals surface area contributed by atoms with Gasteiger partial charge in [-0.15, -0.1) is 0 Å². The molecule has 7 nitrogen and oxygen atoms in total. The van der Waals surface area contributed by atoms with E-state index in [2.05, 4.69) is 10.3 Å². The molecule has 1 aromatic heterocycles. The van der Waals surface area contributed by atoms with Crippen LogP contribution in [0.5, 0.6) is 11.5 Å². The van der Waals surface area contributed by atoms with Crippen LogP contribution in [0.2, 0.25) is 10.0 Å².